The Kier molecular flexibility index (Phi) is 4.53. The molecule has 1 aliphatic carbocycles. The van der Waals surface area contributed by atoms with Crippen molar-refractivity contribution in [2.75, 3.05) is 24.5 Å². The van der Waals surface area contributed by atoms with E-state index in [4.69, 9.17) is 0 Å². The molecule has 140 valence electrons. The van der Waals surface area contributed by atoms with Gasteiger partial charge in [-0.15, -0.1) is 11.3 Å². The average Bonchev–Trinajstić information content (AvgIpc) is 3.42. The SMILES string of the molecule is Cc1csc2c(N3CCC(NCC4CC4c4ccncc4)CC3)ncnc12. The summed E-state index contributed by atoms with van der Waals surface area (Å²) in [6.45, 7) is 5.40. The van der Waals surface area contributed by atoms with Crippen molar-refractivity contribution in [1.82, 2.24) is 20.3 Å². The van der Waals surface area contributed by atoms with Crippen molar-refractivity contribution in [2.24, 2.45) is 5.92 Å². The Bertz CT molecular complexity index is 917. The van der Waals surface area contributed by atoms with Crippen LogP contribution in [0.25, 0.3) is 10.2 Å². The van der Waals surface area contributed by atoms with Gasteiger partial charge in [0.1, 0.15) is 12.1 Å². The van der Waals surface area contributed by atoms with Gasteiger partial charge in [-0.25, -0.2) is 9.97 Å². The molecule has 1 aliphatic heterocycles. The van der Waals surface area contributed by atoms with Crippen molar-refractivity contribution >= 4 is 27.4 Å². The minimum atomic E-state index is 0.627. The second-order valence-electron chi connectivity index (χ2n) is 7.85. The minimum absolute atomic E-state index is 0.627. The van der Waals surface area contributed by atoms with E-state index in [9.17, 15) is 0 Å². The molecule has 27 heavy (non-hydrogen) atoms. The Balaban J connectivity index is 1.14. The van der Waals surface area contributed by atoms with Gasteiger partial charge >= 0.3 is 0 Å². The van der Waals surface area contributed by atoms with Crippen LogP contribution in [-0.2, 0) is 0 Å². The number of thiophene rings is 1. The molecule has 5 nitrogen and oxygen atoms in total. The van der Waals surface area contributed by atoms with E-state index in [0.29, 0.717) is 6.04 Å². The summed E-state index contributed by atoms with van der Waals surface area (Å²) in [6, 6.07) is 4.96. The van der Waals surface area contributed by atoms with Crippen LogP contribution < -0.4 is 10.2 Å². The van der Waals surface area contributed by atoms with Crippen LogP contribution in [0.2, 0.25) is 0 Å². The Labute approximate surface area is 163 Å². The molecule has 3 aromatic heterocycles. The summed E-state index contributed by atoms with van der Waals surface area (Å²) in [6.07, 6.45) is 9.21. The molecule has 3 aromatic rings. The van der Waals surface area contributed by atoms with E-state index < -0.39 is 0 Å². The fraction of sp³-hybridized carbons (Fsp3) is 0.476. The zero-order valence-corrected chi connectivity index (χ0v) is 16.5. The highest BCUT2D eigenvalue weighted by Crippen LogP contribution is 2.46. The van der Waals surface area contributed by atoms with Gasteiger partial charge in [-0.3, -0.25) is 4.98 Å². The van der Waals surface area contributed by atoms with Crippen LogP contribution in [0.4, 0.5) is 5.82 Å². The van der Waals surface area contributed by atoms with Crippen molar-refractivity contribution in [1.29, 1.82) is 0 Å². The first-order valence-electron chi connectivity index (χ1n) is 9.86. The van der Waals surface area contributed by atoms with Crippen LogP contribution in [0.1, 0.15) is 36.3 Å². The van der Waals surface area contributed by atoms with Crippen LogP contribution in [0, 0.1) is 12.8 Å². The summed E-state index contributed by atoms with van der Waals surface area (Å²) in [4.78, 5) is 15.6. The summed E-state index contributed by atoms with van der Waals surface area (Å²) in [7, 11) is 0. The summed E-state index contributed by atoms with van der Waals surface area (Å²) < 4.78 is 1.24. The van der Waals surface area contributed by atoms with E-state index in [-0.39, 0.29) is 0 Å². The molecule has 0 spiro atoms. The molecule has 5 rings (SSSR count). The van der Waals surface area contributed by atoms with Gasteiger partial charge in [0.25, 0.3) is 0 Å². The van der Waals surface area contributed by atoms with E-state index in [2.05, 4.69) is 49.6 Å². The van der Waals surface area contributed by atoms with E-state index in [1.54, 1.807) is 17.7 Å². The maximum atomic E-state index is 4.60. The quantitative estimate of drug-likeness (QED) is 0.732. The van der Waals surface area contributed by atoms with Gasteiger partial charge < -0.3 is 10.2 Å². The number of hydrogen-bond acceptors (Lipinski definition) is 6. The fourth-order valence-corrected chi connectivity index (χ4v) is 5.31. The van der Waals surface area contributed by atoms with Crippen molar-refractivity contribution < 1.29 is 0 Å². The number of fused-ring (bicyclic) bond motifs is 1. The van der Waals surface area contributed by atoms with Gasteiger partial charge in [-0.05, 0) is 73.2 Å². The number of nitrogens with one attached hydrogen (secondary N) is 1. The van der Waals surface area contributed by atoms with Crippen LogP contribution in [0.3, 0.4) is 0 Å². The first-order chi connectivity index (χ1) is 13.3. The molecule has 6 heteroatoms. The largest absolute Gasteiger partial charge is 0.355 e. The van der Waals surface area contributed by atoms with Crippen LogP contribution in [-0.4, -0.2) is 40.6 Å². The molecule has 2 unspecified atom stereocenters. The highest BCUT2D eigenvalue weighted by molar-refractivity contribution is 7.18. The second kappa shape index (κ2) is 7.17. The van der Waals surface area contributed by atoms with Crippen LogP contribution in [0.5, 0.6) is 0 Å². The van der Waals surface area contributed by atoms with Crippen molar-refractivity contribution in [3.63, 3.8) is 0 Å². The predicted molar refractivity (Wildman–Crippen MR) is 110 cm³/mol. The maximum absolute atomic E-state index is 4.60. The number of anilines is 1. The predicted octanol–water partition coefficient (Wildman–Crippen LogP) is 3.76. The second-order valence-corrected chi connectivity index (χ2v) is 8.73. The number of hydrogen-bond donors (Lipinski definition) is 1. The standard InChI is InChI=1S/C21H25N5S/c1-14-12-27-20-19(14)24-13-25-21(20)26-8-4-17(5-9-26)23-11-16-10-18(16)15-2-6-22-7-3-15/h2-3,6-7,12-13,16-18,23H,4-5,8-11H2,1H3. The molecule has 0 radical (unpaired) electrons. The lowest BCUT2D eigenvalue weighted by atomic mass is 10.0. The minimum Gasteiger partial charge on any atom is -0.355 e. The third-order valence-corrected chi connectivity index (χ3v) is 7.12. The van der Waals surface area contributed by atoms with Crippen molar-refractivity contribution in [2.45, 2.75) is 38.1 Å². The summed E-state index contributed by atoms with van der Waals surface area (Å²) >= 11 is 1.77. The smallest absolute Gasteiger partial charge is 0.150 e. The van der Waals surface area contributed by atoms with Crippen LogP contribution in [0.15, 0.2) is 36.2 Å². The highest BCUT2D eigenvalue weighted by atomic mass is 32.1. The van der Waals surface area contributed by atoms with Gasteiger partial charge in [-0.2, -0.15) is 0 Å². The van der Waals surface area contributed by atoms with E-state index in [0.717, 1.165) is 42.8 Å². The molecule has 1 saturated carbocycles. The van der Waals surface area contributed by atoms with Gasteiger partial charge in [0.2, 0.25) is 0 Å². The van der Waals surface area contributed by atoms with E-state index in [1.165, 1.54) is 35.1 Å². The van der Waals surface area contributed by atoms with Gasteiger partial charge in [0.05, 0.1) is 10.2 Å². The van der Waals surface area contributed by atoms with E-state index in [1.807, 2.05) is 12.4 Å². The van der Waals surface area contributed by atoms with E-state index >= 15 is 0 Å². The van der Waals surface area contributed by atoms with Gasteiger partial charge in [0, 0.05) is 31.5 Å². The van der Waals surface area contributed by atoms with Crippen LogP contribution >= 0.6 is 11.3 Å². The number of pyridine rings is 1. The molecule has 1 saturated heterocycles. The van der Waals surface area contributed by atoms with Crippen molar-refractivity contribution in [3.05, 3.63) is 47.4 Å². The Morgan fingerprint density at radius 3 is 2.81 bits per heavy atom. The fourth-order valence-electron chi connectivity index (χ4n) is 4.29. The molecule has 2 atom stereocenters. The molecule has 0 bridgehead atoms. The number of rotatable bonds is 5. The van der Waals surface area contributed by atoms with Gasteiger partial charge in [-0.1, -0.05) is 0 Å². The third-order valence-electron chi connectivity index (χ3n) is 6.03. The number of aromatic nitrogens is 3. The number of nitrogens with zero attached hydrogens (tertiary/aromatic N) is 4. The first kappa shape index (κ1) is 17.1. The monoisotopic (exact) mass is 379 g/mol. The van der Waals surface area contributed by atoms with Gasteiger partial charge in [0.15, 0.2) is 0 Å². The molecular formula is C21H25N5S. The topological polar surface area (TPSA) is 53.9 Å². The first-order valence-corrected chi connectivity index (χ1v) is 10.7. The van der Waals surface area contributed by atoms with Crippen molar-refractivity contribution in [3.8, 4) is 0 Å². The lowest BCUT2D eigenvalue weighted by molar-refractivity contribution is 0.406. The number of piperidine rings is 1. The zero-order chi connectivity index (χ0) is 18.2. The third kappa shape index (κ3) is 3.44. The molecule has 2 aliphatic rings. The molecule has 2 fully saturated rings. The summed E-state index contributed by atoms with van der Waals surface area (Å²) in [5.74, 6) is 2.65. The molecule has 1 N–H and O–H groups in total. The highest BCUT2D eigenvalue weighted by Gasteiger charge is 2.38. The Morgan fingerprint density at radius 1 is 1.19 bits per heavy atom. The molecule has 4 heterocycles. The summed E-state index contributed by atoms with van der Waals surface area (Å²) in [5, 5.41) is 6.01. The molecular weight excluding hydrogens is 354 g/mol. The maximum Gasteiger partial charge on any atom is 0.150 e. The Hall–Kier alpha value is -2.05. The average molecular weight is 380 g/mol. The molecule has 0 aromatic carbocycles. The Morgan fingerprint density at radius 2 is 2.00 bits per heavy atom. The number of aryl methyl sites for hydroxylation is 1. The lowest BCUT2D eigenvalue weighted by Gasteiger charge is -2.33. The lowest BCUT2D eigenvalue weighted by Crippen LogP contribution is -2.43. The normalized spacial score (nSPS) is 23.1. The zero-order valence-electron chi connectivity index (χ0n) is 15.6. The summed E-state index contributed by atoms with van der Waals surface area (Å²) in [5.41, 5.74) is 3.81. The molecule has 0 amide bonds.